The van der Waals surface area contributed by atoms with Gasteiger partial charge in [0.05, 0.1) is 5.52 Å². The molecule has 1 heterocycles. The molecule has 0 saturated carbocycles. The monoisotopic (exact) mass is 241 g/mol. The normalized spacial score (nSPS) is 10.9. The second-order valence-electron chi connectivity index (χ2n) is 3.83. The van der Waals surface area contributed by atoms with Gasteiger partial charge in [-0.05, 0) is 24.3 Å². The van der Waals surface area contributed by atoms with E-state index < -0.39 is 0 Å². The van der Waals surface area contributed by atoms with Gasteiger partial charge in [-0.1, -0.05) is 18.2 Å². The van der Waals surface area contributed by atoms with Gasteiger partial charge < -0.3 is 11.1 Å². The molecule has 0 radical (unpaired) electrons. The second-order valence-corrected chi connectivity index (χ2v) is 3.83. The van der Waals surface area contributed by atoms with Crippen LogP contribution in [0.5, 0.6) is 0 Å². The summed E-state index contributed by atoms with van der Waals surface area (Å²) in [4.78, 5) is 16.1. The smallest absolute Gasteiger partial charge is 0.251 e. The first-order valence-electron chi connectivity index (χ1n) is 5.79. The van der Waals surface area contributed by atoms with Crippen LogP contribution in [0.15, 0.2) is 48.7 Å². The summed E-state index contributed by atoms with van der Waals surface area (Å²) in [5.74, 6) is -0.0950. The van der Waals surface area contributed by atoms with E-state index >= 15 is 0 Å². The minimum atomic E-state index is -0.0950. The van der Waals surface area contributed by atoms with Crippen LogP contribution in [0, 0.1) is 0 Å². The average Bonchev–Trinajstić information content (AvgIpc) is 2.43. The summed E-state index contributed by atoms with van der Waals surface area (Å²) in [6, 6.07) is 9.25. The Morgan fingerprint density at radius 1 is 1.33 bits per heavy atom. The molecule has 0 bridgehead atoms. The van der Waals surface area contributed by atoms with Crippen LogP contribution in [-0.4, -0.2) is 24.0 Å². The van der Waals surface area contributed by atoms with Gasteiger partial charge in [-0.2, -0.15) is 0 Å². The molecule has 18 heavy (non-hydrogen) atoms. The van der Waals surface area contributed by atoms with E-state index in [1.165, 1.54) is 0 Å². The van der Waals surface area contributed by atoms with E-state index in [1.54, 1.807) is 12.3 Å². The van der Waals surface area contributed by atoms with Crippen LogP contribution in [0.25, 0.3) is 10.9 Å². The SMILES string of the molecule is NC/C=C/CNC(=O)c1ccc2ncccc2c1. The summed E-state index contributed by atoms with van der Waals surface area (Å²) in [6.07, 6.45) is 5.38. The minimum absolute atomic E-state index is 0.0950. The molecule has 0 aliphatic rings. The molecule has 0 aliphatic heterocycles. The van der Waals surface area contributed by atoms with Gasteiger partial charge in [0.2, 0.25) is 0 Å². The minimum Gasteiger partial charge on any atom is -0.349 e. The van der Waals surface area contributed by atoms with Gasteiger partial charge in [0, 0.05) is 30.2 Å². The Hall–Kier alpha value is -2.20. The molecule has 2 rings (SSSR count). The third-order valence-corrected chi connectivity index (χ3v) is 2.55. The lowest BCUT2D eigenvalue weighted by Crippen LogP contribution is -2.23. The molecule has 3 N–H and O–H groups in total. The van der Waals surface area contributed by atoms with Crippen LogP contribution >= 0.6 is 0 Å². The van der Waals surface area contributed by atoms with Gasteiger partial charge in [0.1, 0.15) is 0 Å². The highest BCUT2D eigenvalue weighted by molar-refractivity contribution is 5.97. The van der Waals surface area contributed by atoms with Crippen LogP contribution < -0.4 is 11.1 Å². The summed E-state index contributed by atoms with van der Waals surface area (Å²) in [5, 5.41) is 3.76. The zero-order valence-electron chi connectivity index (χ0n) is 9.97. The average molecular weight is 241 g/mol. The van der Waals surface area contributed by atoms with Crippen LogP contribution in [-0.2, 0) is 0 Å². The molecule has 0 spiro atoms. The van der Waals surface area contributed by atoms with Crippen LogP contribution in [0.1, 0.15) is 10.4 Å². The molecule has 0 fully saturated rings. The Bertz CT molecular complexity index is 578. The van der Waals surface area contributed by atoms with Crippen molar-refractivity contribution in [2.45, 2.75) is 0 Å². The third-order valence-electron chi connectivity index (χ3n) is 2.55. The van der Waals surface area contributed by atoms with Crippen LogP contribution in [0.3, 0.4) is 0 Å². The molecular weight excluding hydrogens is 226 g/mol. The molecule has 0 aliphatic carbocycles. The van der Waals surface area contributed by atoms with E-state index in [-0.39, 0.29) is 5.91 Å². The molecule has 92 valence electrons. The number of hydrogen-bond acceptors (Lipinski definition) is 3. The Kier molecular flexibility index (Phi) is 4.04. The number of nitrogens with zero attached hydrogens (tertiary/aromatic N) is 1. The van der Waals surface area contributed by atoms with Gasteiger partial charge in [-0.15, -0.1) is 0 Å². The fourth-order valence-corrected chi connectivity index (χ4v) is 1.65. The highest BCUT2D eigenvalue weighted by Gasteiger charge is 2.04. The topological polar surface area (TPSA) is 68.0 Å². The van der Waals surface area contributed by atoms with Crippen molar-refractivity contribution in [2.24, 2.45) is 5.73 Å². The molecule has 1 aromatic carbocycles. The number of rotatable bonds is 4. The summed E-state index contributed by atoms with van der Waals surface area (Å²) < 4.78 is 0. The summed E-state index contributed by atoms with van der Waals surface area (Å²) >= 11 is 0. The van der Waals surface area contributed by atoms with E-state index in [1.807, 2.05) is 36.4 Å². The van der Waals surface area contributed by atoms with E-state index in [9.17, 15) is 4.79 Å². The number of nitrogens with one attached hydrogen (secondary N) is 1. The lowest BCUT2D eigenvalue weighted by atomic mass is 10.1. The summed E-state index contributed by atoms with van der Waals surface area (Å²) in [6.45, 7) is 0.971. The maximum atomic E-state index is 11.9. The van der Waals surface area contributed by atoms with Crippen molar-refractivity contribution in [2.75, 3.05) is 13.1 Å². The Morgan fingerprint density at radius 3 is 3.06 bits per heavy atom. The van der Waals surface area contributed by atoms with E-state index in [4.69, 9.17) is 5.73 Å². The predicted molar refractivity (Wildman–Crippen MR) is 72.3 cm³/mol. The van der Waals surface area contributed by atoms with Crippen LogP contribution in [0.2, 0.25) is 0 Å². The van der Waals surface area contributed by atoms with Crippen molar-refractivity contribution in [1.82, 2.24) is 10.3 Å². The quantitative estimate of drug-likeness (QED) is 0.797. The van der Waals surface area contributed by atoms with Crippen molar-refractivity contribution < 1.29 is 4.79 Å². The summed E-state index contributed by atoms with van der Waals surface area (Å²) in [7, 11) is 0. The highest BCUT2D eigenvalue weighted by atomic mass is 16.1. The molecule has 1 amide bonds. The van der Waals surface area contributed by atoms with Crippen molar-refractivity contribution in [3.63, 3.8) is 0 Å². The molecule has 0 atom stereocenters. The molecule has 0 unspecified atom stereocenters. The number of benzene rings is 1. The van der Waals surface area contributed by atoms with Crippen molar-refractivity contribution in [3.8, 4) is 0 Å². The van der Waals surface area contributed by atoms with Gasteiger partial charge in [-0.3, -0.25) is 9.78 Å². The molecular formula is C14H15N3O. The Morgan fingerprint density at radius 2 is 2.22 bits per heavy atom. The third kappa shape index (κ3) is 2.93. The van der Waals surface area contributed by atoms with Crippen LogP contribution in [0.4, 0.5) is 0 Å². The van der Waals surface area contributed by atoms with Gasteiger partial charge >= 0.3 is 0 Å². The lowest BCUT2D eigenvalue weighted by Gasteiger charge is -2.03. The largest absolute Gasteiger partial charge is 0.349 e. The van der Waals surface area contributed by atoms with E-state index in [0.717, 1.165) is 10.9 Å². The maximum Gasteiger partial charge on any atom is 0.251 e. The standard InChI is InChI=1S/C14H15N3O/c15-7-1-2-8-17-14(18)12-5-6-13-11(10-12)4-3-9-16-13/h1-6,9-10H,7-8,15H2,(H,17,18)/b2-1+. The molecule has 4 heteroatoms. The van der Waals surface area contributed by atoms with Crippen molar-refractivity contribution >= 4 is 16.8 Å². The first-order chi connectivity index (χ1) is 8.81. The zero-order chi connectivity index (χ0) is 12.8. The number of hydrogen-bond donors (Lipinski definition) is 2. The molecule has 0 saturated heterocycles. The Balaban J connectivity index is 2.10. The van der Waals surface area contributed by atoms with E-state index in [2.05, 4.69) is 10.3 Å². The number of pyridine rings is 1. The molecule has 4 nitrogen and oxygen atoms in total. The summed E-state index contributed by atoms with van der Waals surface area (Å²) in [5.41, 5.74) is 6.83. The fraction of sp³-hybridized carbons (Fsp3) is 0.143. The first-order valence-corrected chi connectivity index (χ1v) is 5.79. The number of nitrogens with two attached hydrogens (primary N) is 1. The second kappa shape index (κ2) is 5.93. The maximum absolute atomic E-state index is 11.9. The van der Waals surface area contributed by atoms with Crippen molar-refractivity contribution in [1.29, 1.82) is 0 Å². The predicted octanol–water partition coefficient (Wildman–Crippen LogP) is 1.48. The van der Waals surface area contributed by atoms with Gasteiger partial charge in [0.15, 0.2) is 0 Å². The number of aromatic nitrogens is 1. The molecule has 2 aromatic rings. The number of carbonyl (C=O) groups is 1. The lowest BCUT2D eigenvalue weighted by molar-refractivity contribution is 0.0958. The van der Waals surface area contributed by atoms with Gasteiger partial charge in [0.25, 0.3) is 5.91 Å². The van der Waals surface area contributed by atoms with E-state index in [0.29, 0.717) is 18.7 Å². The van der Waals surface area contributed by atoms with Crippen molar-refractivity contribution in [3.05, 3.63) is 54.2 Å². The Labute approximate surface area is 106 Å². The number of fused-ring (bicyclic) bond motifs is 1. The van der Waals surface area contributed by atoms with Gasteiger partial charge in [-0.25, -0.2) is 0 Å². The first kappa shape index (κ1) is 12.3. The number of amides is 1. The zero-order valence-corrected chi connectivity index (χ0v) is 9.97. The number of carbonyl (C=O) groups excluding carboxylic acids is 1. The fourth-order valence-electron chi connectivity index (χ4n) is 1.65. The highest BCUT2D eigenvalue weighted by Crippen LogP contribution is 2.13. The molecule has 1 aromatic heterocycles.